The summed E-state index contributed by atoms with van der Waals surface area (Å²) in [6, 6.07) is 26.3. The highest BCUT2D eigenvalue weighted by Gasteiger charge is 2.52. The van der Waals surface area contributed by atoms with Gasteiger partial charge in [0, 0.05) is 10.7 Å². The van der Waals surface area contributed by atoms with Crippen molar-refractivity contribution in [2.24, 2.45) is 0 Å². The molecular formula is C30H26ClNO3. The van der Waals surface area contributed by atoms with Crippen molar-refractivity contribution in [3.63, 3.8) is 0 Å². The van der Waals surface area contributed by atoms with Crippen molar-refractivity contribution in [1.82, 2.24) is 0 Å². The van der Waals surface area contributed by atoms with E-state index < -0.39 is 5.41 Å². The molecule has 1 aliphatic heterocycles. The molecule has 0 bridgehead atoms. The van der Waals surface area contributed by atoms with Crippen molar-refractivity contribution < 1.29 is 15.0 Å². The Morgan fingerprint density at radius 3 is 2.17 bits per heavy atom. The van der Waals surface area contributed by atoms with Crippen molar-refractivity contribution in [1.29, 1.82) is 0 Å². The first-order valence-electron chi connectivity index (χ1n) is 11.5. The van der Waals surface area contributed by atoms with Gasteiger partial charge in [0.15, 0.2) is 0 Å². The quantitative estimate of drug-likeness (QED) is 0.343. The Morgan fingerprint density at radius 2 is 1.49 bits per heavy atom. The van der Waals surface area contributed by atoms with Gasteiger partial charge in [0.2, 0.25) is 5.91 Å². The summed E-state index contributed by atoms with van der Waals surface area (Å²) in [5.41, 5.74) is 4.83. The highest BCUT2D eigenvalue weighted by molar-refractivity contribution is 6.31. The number of phenols is 2. The zero-order chi connectivity index (χ0) is 24.7. The molecule has 0 fully saturated rings. The molecule has 4 nitrogen and oxygen atoms in total. The van der Waals surface area contributed by atoms with E-state index in [1.54, 1.807) is 12.1 Å². The SMILES string of the molecule is Cc1cc(C2(Cc3ccc(O)cc3)C(=O)N(Cc3ccccc3Cl)c3ccccc32)cc(C)c1O. The Kier molecular flexibility index (Phi) is 5.78. The number of para-hydroxylation sites is 1. The van der Waals surface area contributed by atoms with Crippen LogP contribution in [0.4, 0.5) is 5.69 Å². The molecule has 4 aromatic carbocycles. The van der Waals surface area contributed by atoms with Crippen LogP contribution in [-0.2, 0) is 23.2 Å². The number of benzene rings is 4. The Morgan fingerprint density at radius 1 is 0.857 bits per heavy atom. The summed E-state index contributed by atoms with van der Waals surface area (Å²) < 4.78 is 0. The van der Waals surface area contributed by atoms with E-state index in [9.17, 15) is 15.0 Å². The Labute approximate surface area is 210 Å². The van der Waals surface area contributed by atoms with Crippen LogP contribution in [0.5, 0.6) is 11.5 Å². The fourth-order valence-electron chi connectivity index (χ4n) is 5.15. The van der Waals surface area contributed by atoms with Gasteiger partial charge in [-0.1, -0.05) is 72.3 Å². The molecule has 0 saturated carbocycles. The number of hydrogen-bond donors (Lipinski definition) is 2. The Hall–Kier alpha value is -3.76. The number of carbonyl (C=O) groups excluding carboxylic acids is 1. The van der Waals surface area contributed by atoms with Crippen LogP contribution in [0.2, 0.25) is 5.02 Å². The van der Waals surface area contributed by atoms with Crippen molar-refractivity contribution in [3.05, 3.63) is 123 Å². The third kappa shape index (κ3) is 3.84. The second-order valence-electron chi connectivity index (χ2n) is 9.21. The number of phenolic OH excluding ortho intramolecular Hbond substituents is 2. The maximum absolute atomic E-state index is 14.6. The summed E-state index contributed by atoms with van der Waals surface area (Å²) in [7, 11) is 0. The molecule has 5 rings (SSSR count). The standard InChI is InChI=1S/C30H26ClNO3/c1-19-15-23(16-20(2)28(19)34)30(17-21-11-13-24(33)14-12-21)25-8-4-6-10-27(25)32(29(30)35)18-22-7-3-5-9-26(22)31/h3-16,33-34H,17-18H2,1-2H3. The third-order valence-electron chi connectivity index (χ3n) is 6.94. The minimum atomic E-state index is -1.00. The lowest BCUT2D eigenvalue weighted by molar-refractivity contribution is -0.122. The molecule has 176 valence electrons. The second-order valence-corrected chi connectivity index (χ2v) is 9.61. The van der Waals surface area contributed by atoms with Gasteiger partial charge >= 0.3 is 0 Å². The lowest BCUT2D eigenvalue weighted by Gasteiger charge is -2.31. The second kappa shape index (κ2) is 8.79. The van der Waals surface area contributed by atoms with Gasteiger partial charge in [0.25, 0.3) is 0 Å². The number of rotatable bonds is 5. The maximum Gasteiger partial charge on any atom is 0.242 e. The molecule has 1 aliphatic rings. The monoisotopic (exact) mass is 483 g/mol. The predicted octanol–water partition coefficient (Wildman–Crippen LogP) is 6.44. The number of anilines is 1. The average molecular weight is 484 g/mol. The summed E-state index contributed by atoms with van der Waals surface area (Å²) in [6.45, 7) is 4.06. The zero-order valence-corrected chi connectivity index (χ0v) is 20.4. The van der Waals surface area contributed by atoms with Crippen LogP contribution < -0.4 is 4.90 Å². The van der Waals surface area contributed by atoms with E-state index >= 15 is 0 Å². The van der Waals surface area contributed by atoms with Crippen molar-refractivity contribution in [2.45, 2.75) is 32.2 Å². The summed E-state index contributed by atoms with van der Waals surface area (Å²) >= 11 is 6.48. The largest absolute Gasteiger partial charge is 0.508 e. The fourth-order valence-corrected chi connectivity index (χ4v) is 5.35. The number of halogens is 1. The zero-order valence-electron chi connectivity index (χ0n) is 19.6. The molecule has 1 unspecified atom stereocenters. The average Bonchev–Trinajstić information content (AvgIpc) is 3.08. The van der Waals surface area contributed by atoms with E-state index in [2.05, 4.69) is 0 Å². The third-order valence-corrected chi connectivity index (χ3v) is 7.31. The highest BCUT2D eigenvalue weighted by Crippen LogP contribution is 2.50. The first-order valence-corrected chi connectivity index (χ1v) is 11.9. The molecule has 0 saturated heterocycles. The fraction of sp³-hybridized carbons (Fsp3) is 0.167. The molecule has 35 heavy (non-hydrogen) atoms. The van der Waals surface area contributed by atoms with Gasteiger partial charge < -0.3 is 15.1 Å². The summed E-state index contributed by atoms with van der Waals surface area (Å²) in [5, 5.41) is 20.9. The molecule has 5 heteroatoms. The predicted molar refractivity (Wildman–Crippen MR) is 139 cm³/mol. The van der Waals surface area contributed by atoms with Crippen LogP contribution in [0, 0.1) is 13.8 Å². The van der Waals surface area contributed by atoms with E-state index in [0.29, 0.717) is 18.0 Å². The number of amides is 1. The van der Waals surface area contributed by atoms with Gasteiger partial charge in [-0.2, -0.15) is 0 Å². The van der Waals surface area contributed by atoms with Gasteiger partial charge in [-0.25, -0.2) is 0 Å². The number of aryl methyl sites for hydroxylation is 2. The number of carbonyl (C=O) groups is 1. The van der Waals surface area contributed by atoms with Crippen LogP contribution in [0.3, 0.4) is 0 Å². The molecule has 0 aromatic heterocycles. The molecule has 0 radical (unpaired) electrons. The van der Waals surface area contributed by atoms with E-state index in [0.717, 1.165) is 39.1 Å². The van der Waals surface area contributed by atoms with Crippen molar-refractivity contribution in [2.75, 3.05) is 4.90 Å². The van der Waals surface area contributed by atoms with E-state index in [4.69, 9.17) is 11.6 Å². The van der Waals surface area contributed by atoms with Gasteiger partial charge in [-0.05, 0) is 77.9 Å². The summed E-state index contributed by atoms with van der Waals surface area (Å²) in [4.78, 5) is 16.4. The maximum atomic E-state index is 14.6. The first-order chi connectivity index (χ1) is 16.8. The smallest absolute Gasteiger partial charge is 0.242 e. The molecule has 0 aliphatic carbocycles. The van der Waals surface area contributed by atoms with Gasteiger partial charge in [0.1, 0.15) is 16.9 Å². The summed E-state index contributed by atoms with van der Waals surface area (Å²) in [6.07, 6.45) is 0.409. The van der Waals surface area contributed by atoms with E-state index in [-0.39, 0.29) is 17.4 Å². The van der Waals surface area contributed by atoms with Gasteiger partial charge in [-0.3, -0.25) is 4.79 Å². The molecule has 1 atom stereocenters. The van der Waals surface area contributed by atoms with Crippen LogP contribution in [-0.4, -0.2) is 16.1 Å². The van der Waals surface area contributed by atoms with E-state index in [1.165, 1.54) is 0 Å². The molecule has 4 aromatic rings. The number of nitrogens with zero attached hydrogens (tertiary/aromatic N) is 1. The molecule has 1 heterocycles. The van der Waals surface area contributed by atoms with Crippen molar-refractivity contribution in [3.8, 4) is 11.5 Å². The van der Waals surface area contributed by atoms with Gasteiger partial charge in [-0.15, -0.1) is 0 Å². The van der Waals surface area contributed by atoms with Gasteiger partial charge in [0.05, 0.1) is 6.54 Å². The minimum Gasteiger partial charge on any atom is -0.508 e. The van der Waals surface area contributed by atoms with Crippen molar-refractivity contribution >= 4 is 23.2 Å². The van der Waals surface area contributed by atoms with E-state index in [1.807, 2.05) is 91.5 Å². The highest BCUT2D eigenvalue weighted by atomic mass is 35.5. The molecule has 1 amide bonds. The topological polar surface area (TPSA) is 60.8 Å². The first kappa shape index (κ1) is 23.0. The normalized spacial score (nSPS) is 17.0. The molecule has 0 spiro atoms. The number of fused-ring (bicyclic) bond motifs is 1. The van der Waals surface area contributed by atoms with Crippen LogP contribution in [0.1, 0.15) is 33.4 Å². The number of hydrogen-bond acceptors (Lipinski definition) is 3. The lowest BCUT2D eigenvalue weighted by Crippen LogP contribution is -2.43. The van der Waals surface area contributed by atoms with Crippen LogP contribution in [0.15, 0.2) is 84.9 Å². The minimum absolute atomic E-state index is 0.0452. The summed E-state index contributed by atoms with van der Waals surface area (Å²) in [5.74, 6) is 0.369. The number of aromatic hydroxyl groups is 2. The van der Waals surface area contributed by atoms with Crippen LogP contribution in [0.25, 0.3) is 0 Å². The Balaban J connectivity index is 1.73. The van der Waals surface area contributed by atoms with Crippen LogP contribution >= 0.6 is 11.6 Å². The Bertz CT molecular complexity index is 1410. The molecular weight excluding hydrogens is 458 g/mol. The lowest BCUT2D eigenvalue weighted by atomic mass is 9.70. The molecule has 2 N–H and O–H groups in total.